The molecule has 2 heteroatoms. The average Bonchev–Trinajstić information content (AvgIpc) is 2.80. The van der Waals surface area contributed by atoms with Gasteiger partial charge in [0.2, 0.25) is 0 Å². The summed E-state index contributed by atoms with van der Waals surface area (Å²) in [5, 5.41) is 0. The van der Waals surface area contributed by atoms with E-state index in [2.05, 4.69) is 34.1 Å². The van der Waals surface area contributed by atoms with Crippen LogP contribution in [0.3, 0.4) is 0 Å². The van der Waals surface area contributed by atoms with Crippen LogP contribution in [-0.2, 0) is 12.8 Å². The van der Waals surface area contributed by atoms with Gasteiger partial charge < -0.3 is 0 Å². The largest absolute Gasteiger partial charge is 0.299 e. The van der Waals surface area contributed by atoms with Gasteiger partial charge in [0.1, 0.15) is 0 Å². The lowest BCUT2D eigenvalue weighted by Gasteiger charge is -2.36. The van der Waals surface area contributed by atoms with E-state index in [9.17, 15) is 0 Å². The van der Waals surface area contributed by atoms with Crippen LogP contribution in [0.5, 0.6) is 0 Å². The summed E-state index contributed by atoms with van der Waals surface area (Å²) in [5.74, 6) is 0. The molecule has 2 saturated heterocycles. The molecule has 3 aliphatic rings. The second-order valence-corrected chi connectivity index (χ2v) is 6.86. The third kappa shape index (κ3) is 2.40. The number of rotatable bonds is 1. The fraction of sp³-hybridized carbons (Fsp3) is 0.667. The first-order valence-corrected chi connectivity index (χ1v) is 8.45. The summed E-state index contributed by atoms with van der Waals surface area (Å²) in [6.45, 7) is 5.31. The topological polar surface area (TPSA) is 6.48 Å². The maximum absolute atomic E-state index is 2.82. The van der Waals surface area contributed by atoms with E-state index in [1.54, 1.807) is 11.1 Å². The highest BCUT2D eigenvalue weighted by molar-refractivity contribution is 5.33. The lowest BCUT2D eigenvalue weighted by atomic mass is 10.0. The van der Waals surface area contributed by atoms with Crippen molar-refractivity contribution in [2.24, 2.45) is 0 Å². The molecule has 0 bridgehead atoms. The Kier molecular flexibility index (Phi) is 3.53. The van der Waals surface area contributed by atoms with E-state index in [0.29, 0.717) is 0 Å². The molecule has 20 heavy (non-hydrogen) atoms. The van der Waals surface area contributed by atoms with Crippen molar-refractivity contribution in [3.05, 3.63) is 35.4 Å². The Hall–Kier alpha value is -0.860. The quantitative estimate of drug-likeness (QED) is 0.774. The van der Waals surface area contributed by atoms with E-state index in [1.807, 2.05) is 0 Å². The van der Waals surface area contributed by atoms with Crippen molar-refractivity contribution < 1.29 is 0 Å². The highest BCUT2D eigenvalue weighted by Gasteiger charge is 2.32. The predicted octanol–water partition coefficient (Wildman–Crippen LogP) is 2.71. The lowest BCUT2D eigenvalue weighted by molar-refractivity contribution is 0.121. The molecule has 108 valence electrons. The fourth-order valence-corrected chi connectivity index (χ4v) is 4.53. The van der Waals surface area contributed by atoms with Gasteiger partial charge in [0, 0.05) is 18.6 Å². The van der Waals surface area contributed by atoms with Gasteiger partial charge in [0.05, 0.1) is 0 Å². The Morgan fingerprint density at radius 1 is 0.750 bits per heavy atom. The molecule has 1 aromatic rings. The predicted molar refractivity (Wildman–Crippen MR) is 83.0 cm³/mol. The van der Waals surface area contributed by atoms with Gasteiger partial charge in [-0.15, -0.1) is 0 Å². The van der Waals surface area contributed by atoms with Crippen molar-refractivity contribution in [3.8, 4) is 0 Å². The van der Waals surface area contributed by atoms with E-state index in [0.717, 1.165) is 12.1 Å². The molecular weight excluding hydrogens is 244 g/mol. The van der Waals surface area contributed by atoms with Crippen molar-refractivity contribution in [3.63, 3.8) is 0 Å². The monoisotopic (exact) mass is 270 g/mol. The zero-order valence-electron chi connectivity index (χ0n) is 12.4. The van der Waals surface area contributed by atoms with Gasteiger partial charge >= 0.3 is 0 Å². The Bertz CT molecular complexity index is 445. The van der Waals surface area contributed by atoms with Gasteiger partial charge in [0.15, 0.2) is 0 Å². The first-order valence-electron chi connectivity index (χ1n) is 8.45. The van der Waals surface area contributed by atoms with Crippen LogP contribution in [-0.4, -0.2) is 48.1 Å². The van der Waals surface area contributed by atoms with E-state index >= 15 is 0 Å². The number of benzene rings is 1. The van der Waals surface area contributed by atoms with Crippen LogP contribution >= 0.6 is 0 Å². The maximum Gasteiger partial charge on any atom is 0.0223 e. The number of piperidine rings is 1. The number of nitrogens with zero attached hydrogens (tertiary/aromatic N) is 2. The van der Waals surface area contributed by atoms with Crippen LogP contribution in [0.4, 0.5) is 0 Å². The lowest BCUT2D eigenvalue weighted by Crippen LogP contribution is -2.46. The van der Waals surface area contributed by atoms with Crippen molar-refractivity contribution in [1.29, 1.82) is 0 Å². The highest BCUT2D eigenvalue weighted by atomic mass is 15.3. The van der Waals surface area contributed by atoms with Crippen LogP contribution in [0.15, 0.2) is 24.3 Å². The molecule has 0 radical (unpaired) electrons. The smallest absolute Gasteiger partial charge is 0.0223 e. The third-order valence-electron chi connectivity index (χ3n) is 5.63. The van der Waals surface area contributed by atoms with Crippen molar-refractivity contribution in [2.45, 2.75) is 50.6 Å². The van der Waals surface area contributed by atoms with Gasteiger partial charge in [-0.25, -0.2) is 0 Å². The minimum absolute atomic E-state index is 0.772. The molecule has 1 aliphatic carbocycles. The molecule has 1 atom stereocenters. The van der Waals surface area contributed by atoms with Crippen LogP contribution in [0.1, 0.15) is 36.8 Å². The van der Waals surface area contributed by atoms with E-state index in [4.69, 9.17) is 0 Å². The maximum atomic E-state index is 2.82. The summed E-state index contributed by atoms with van der Waals surface area (Å²) in [4.78, 5) is 5.58. The summed E-state index contributed by atoms with van der Waals surface area (Å²) in [5.41, 5.74) is 3.20. The van der Waals surface area contributed by atoms with Crippen LogP contribution < -0.4 is 0 Å². The van der Waals surface area contributed by atoms with Gasteiger partial charge in [-0.2, -0.15) is 0 Å². The first kappa shape index (κ1) is 12.8. The summed E-state index contributed by atoms with van der Waals surface area (Å²) in [6.07, 6.45) is 8.22. The average molecular weight is 270 g/mol. The van der Waals surface area contributed by atoms with E-state index in [1.165, 1.54) is 64.7 Å². The standard InChI is InChI=1S/C18H26N2/c1-2-7-16-13-18(12-15(16)6-1)20-11-5-10-19-9-4-3-8-17(19)14-20/h1-2,6-7,17-18H,3-5,8-14H2. The molecule has 4 rings (SSSR count). The molecule has 1 unspecified atom stereocenters. The van der Waals surface area contributed by atoms with Gasteiger partial charge in [-0.3, -0.25) is 9.80 Å². The van der Waals surface area contributed by atoms with Crippen molar-refractivity contribution >= 4 is 0 Å². The summed E-state index contributed by atoms with van der Waals surface area (Å²) >= 11 is 0. The van der Waals surface area contributed by atoms with Crippen LogP contribution in [0.25, 0.3) is 0 Å². The zero-order chi connectivity index (χ0) is 13.4. The van der Waals surface area contributed by atoms with Gasteiger partial charge in [-0.05, 0) is 62.9 Å². The molecule has 0 aromatic heterocycles. The zero-order valence-corrected chi connectivity index (χ0v) is 12.4. The number of hydrogen-bond donors (Lipinski definition) is 0. The first-order chi connectivity index (χ1) is 9.90. The third-order valence-corrected chi connectivity index (χ3v) is 5.63. The minimum Gasteiger partial charge on any atom is -0.299 e. The normalized spacial score (nSPS) is 28.9. The summed E-state index contributed by atoms with van der Waals surface area (Å²) in [6, 6.07) is 10.7. The van der Waals surface area contributed by atoms with Crippen LogP contribution in [0.2, 0.25) is 0 Å². The highest BCUT2D eigenvalue weighted by Crippen LogP contribution is 2.28. The van der Waals surface area contributed by atoms with E-state index < -0.39 is 0 Å². The van der Waals surface area contributed by atoms with Gasteiger partial charge in [0.25, 0.3) is 0 Å². The second-order valence-electron chi connectivity index (χ2n) is 6.86. The second kappa shape index (κ2) is 5.50. The summed E-state index contributed by atoms with van der Waals surface area (Å²) < 4.78 is 0. The van der Waals surface area contributed by atoms with Crippen molar-refractivity contribution in [1.82, 2.24) is 9.80 Å². The minimum atomic E-state index is 0.772. The molecule has 0 N–H and O–H groups in total. The molecule has 2 heterocycles. The molecule has 2 fully saturated rings. The summed E-state index contributed by atoms with van der Waals surface area (Å²) in [7, 11) is 0. The van der Waals surface area contributed by atoms with E-state index in [-0.39, 0.29) is 0 Å². The number of fused-ring (bicyclic) bond motifs is 2. The van der Waals surface area contributed by atoms with Crippen molar-refractivity contribution in [2.75, 3.05) is 26.2 Å². The Labute approximate surface area is 122 Å². The SMILES string of the molecule is c1ccc2c(c1)CC(N1CCCN3CCCCC3C1)C2. The number of hydrogen-bond acceptors (Lipinski definition) is 2. The Balaban J connectivity index is 1.47. The molecule has 2 aliphatic heterocycles. The molecular formula is C18H26N2. The molecule has 0 spiro atoms. The van der Waals surface area contributed by atoms with Gasteiger partial charge in [-0.1, -0.05) is 30.7 Å². The molecule has 0 saturated carbocycles. The Morgan fingerprint density at radius 3 is 2.25 bits per heavy atom. The molecule has 1 aromatic carbocycles. The van der Waals surface area contributed by atoms with Crippen LogP contribution in [0, 0.1) is 0 Å². The fourth-order valence-electron chi connectivity index (χ4n) is 4.53. The Morgan fingerprint density at radius 2 is 1.45 bits per heavy atom. The molecule has 0 amide bonds. The molecule has 2 nitrogen and oxygen atoms in total.